The second-order valence-corrected chi connectivity index (χ2v) is 4.42. The van der Waals surface area contributed by atoms with Crippen LogP contribution < -0.4 is 10.5 Å². The minimum atomic E-state index is 0.652. The standard InChI is InChI=1S/C15H25NO/c1-3-6-13(7-5-12-16)14-8-10-15(11-9-14)17-4-2/h8-11,13H,3-7,12,16H2,1-2H3. The minimum absolute atomic E-state index is 0.652. The van der Waals surface area contributed by atoms with Gasteiger partial charge in [0.15, 0.2) is 0 Å². The van der Waals surface area contributed by atoms with Gasteiger partial charge < -0.3 is 10.5 Å². The average Bonchev–Trinajstić information content (AvgIpc) is 2.36. The number of hydrogen-bond acceptors (Lipinski definition) is 2. The highest BCUT2D eigenvalue weighted by Crippen LogP contribution is 2.27. The smallest absolute Gasteiger partial charge is 0.119 e. The molecule has 0 saturated carbocycles. The maximum atomic E-state index is 5.59. The quantitative estimate of drug-likeness (QED) is 0.745. The Morgan fingerprint density at radius 2 is 1.82 bits per heavy atom. The summed E-state index contributed by atoms with van der Waals surface area (Å²) in [5, 5.41) is 0. The van der Waals surface area contributed by atoms with Crippen molar-refractivity contribution in [3.05, 3.63) is 29.8 Å². The van der Waals surface area contributed by atoms with Crippen LogP contribution in [0.5, 0.6) is 5.75 Å². The van der Waals surface area contributed by atoms with Crippen molar-refractivity contribution >= 4 is 0 Å². The van der Waals surface area contributed by atoms with Crippen LogP contribution in [-0.4, -0.2) is 13.2 Å². The zero-order valence-corrected chi connectivity index (χ0v) is 11.1. The predicted molar refractivity (Wildman–Crippen MR) is 73.5 cm³/mol. The van der Waals surface area contributed by atoms with Gasteiger partial charge in [-0.3, -0.25) is 0 Å². The maximum Gasteiger partial charge on any atom is 0.119 e. The molecule has 96 valence electrons. The topological polar surface area (TPSA) is 35.2 Å². The molecule has 0 aliphatic heterocycles. The first-order valence-electron chi connectivity index (χ1n) is 6.74. The van der Waals surface area contributed by atoms with E-state index in [4.69, 9.17) is 10.5 Å². The fourth-order valence-electron chi connectivity index (χ4n) is 2.19. The summed E-state index contributed by atoms with van der Waals surface area (Å²) in [5.74, 6) is 1.62. The molecular formula is C15H25NO. The Kier molecular flexibility index (Phi) is 6.71. The molecule has 0 amide bonds. The molecule has 0 aromatic heterocycles. The SMILES string of the molecule is CCCC(CCCN)c1ccc(OCC)cc1. The molecule has 2 heteroatoms. The fourth-order valence-corrected chi connectivity index (χ4v) is 2.19. The number of hydrogen-bond donors (Lipinski definition) is 1. The zero-order valence-electron chi connectivity index (χ0n) is 11.1. The van der Waals surface area contributed by atoms with Gasteiger partial charge in [0.25, 0.3) is 0 Å². The lowest BCUT2D eigenvalue weighted by Gasteiger charge is -2.16. The van der Waals surface area contributed by atoms with Crippen LogP contribution in [0.1, 0.15) is 51.0 Å². The van der Waals surface area contributed by atoms with Crippen molar-refractivity contribution in [2.45, 2.75) is 45.4 Å². The highest BCUT2D eigenvalue weighted by Gasteiger charge is 2.10. The van der Waals surface area contributed by atoms with Crippen LogP contribution in [0, 0.1) is 0 Å². The first-order valence-corrected chi connectivity index (χ1v) is 6.74. The third kappa shape index (κ3) is 4.78. The summed E-state index contributed by atoms with van der Waals surface area (Å²) in [6, 6.07) is 8.54. The van der Waals surface area contributed by atoms with Gasteiger partial charge in [-0.2, -0.15) is 0 Å². The van der Waals surface area contributed by atoms with E-state index in [1.807, 2.05) is 6.92 Å². The van der Waals surface area contributed by atoms with Crippen LogP contribution in [0.4, 0.5) is 0 Å². The maximum absolute atomic E-state index is 5.59. The number of ether oxygens (including phenoxy) is 1. The van der Waals surface area contributed by atoms with Crippen molar-refractivity contribution in [3.8, 4) is 5.75 Å². The van der Waals surface area contributed by atoms with E-state index >= 15 is 0 Å². The van der Waals surface area contributed by atoms with E-state index in [1.165, 1.54) is 24.8 Å². The van der Waals surface area contributed by atoms with E-state index in [-0.39, 0.29) is 0 Å². The number of benzene rings is 1. The molecule has 1 aromatic rings. The summed E-state index contributed by atoms with van der Waals surface area (Å²) in [7, 11) is 0. The molecule has 0 fully saturated rings. The van der Waals surface area contributed by atoms with Crippen LogP contribution in [0.15, 0.2) is 24.3 Å². The molecule has 1 rings (SSSR count). The first-order chi connectivity index (χ1) is 8.31. The van der Waals surface area contributed by atoms with Crippen molar-refractivity contribution in [1.82, 2.24) is 0 Å². The third-order valence-electron chi connectivity index (χ3n) is 3.06. The molecule has 2 nitrogen and oxygen atoms in total. The Balaban J connectivity index is 2.65. The summed E-state index contributed by atoms with van der Waals surface area (Å²) in [6.07, 6.45) is 4.77. The van der Waals surface area contributed by atoms with Crippen LogP contribution >= 0.6 is 0 Å². The molecule has 0 aliphatic carbocycles. The van der Waals surface area contributed by atoms with Crippen LogP contribution in [-0.2, 0) is 0 Å². The molecule has 0 saturated heterocycles. The van der Waals surface area contributed by atoms with Gasteiger partial charge in [-0.15, -0.1) is 0 Å². The van der Waals surface area contributed by atoms with Crippen LogP contribution in [0.2, 0.25) is 0 Å². The van der Waals surface area contributed by atoms with E-state index < -0.39 is 0 Å². The molecule has 0 radical (unpaired) electrons. The van der Waals surface area contributed by atoms with E-state index in [9.17, 15) is 0 Å². The fraction of sp³-hybridized carbons (Fsp3) is 0.600. The predicted octanol–water partition coefficient (Wildman–Crippen LogP) is 3.71. The molecule has 1 unspecified atom stereocenters. The third-order valence-corrected chi connectivity index (χ3v) is 3.06. The Hall–Kier alpha value is -1.02. The van der Waals surface area contributed by atoms with E-state index in [1.54, 1.807) is 0 Å². The highest BCUT2D eigenvalue weighted by molar-refractivity contribution is 5.29. The second-order valence-electron chi connectivity index (χ2n) is 4.42. The summed E-state index contributed by atoms with van der Waals surface area (Å²) in [5.41, 5.74) is 7.01. The van der Waals surface area contributed by atoms with Gasteiger partial charge >= 0.3 is 0 Å². The first kappa shape index (κ1) is 14.0. The van der Waals surface area contributed by atoms with Crippen molar-refractivity contribution in [1.29, 1.82) is 0 Å². The van der Waals surface area contributed by atoms with Gasteiger partial charge in [0.05, 0.1) is 6.61 Å². The lowest BCUT2D eigenvalue weighted by Crippen LogP contribution is -2.04. The molecule has 1 aromatic carbocycles. The zero-order chi connectivity index (χ0) is 12.5. The van der Waals surface area contributed by atoms with Crippen LogP contribution in [0.25, 0.3) is 0 Å². The van der Waals surface area contributed by atoms with Gasteiger partial charge in [-0.05, 0) is 56.3 Å². The Morgan fingerprint density at radius 3 is 2.35 bits per heavy atom. The minimum Gasteiger partial charge on any atom is -0.494 e. The lowest BCUT2D eigenvalue weighted by molar-refractivity contribution is 0.340. The number of nitrogens with two attached hydrogens (primary N) is 1. The summed E-state index contributed by atoms with van der Waals surface area (Å²) < 4.78 is 5.46. The number of rotatable bonds is 8. The van der Waals surface area contributed by atoms with Gasteiger partial charge in [0.1, 0.15) is 5.75 Å². The van der Waals surface area contributed by atoms with Gasteiger partial charge in [-0.1, -0.05) is 25.5 Å². The molecule has 17 heavy (non-hydrogen) atoms. The monoisotopic (exact) mass is 235 g/mol. The highest BCUT2D eigenvalue weighted by atomic mass is 16.5. The second kappa shape index (κ2) is 8.13. The van der Waals surface area contributed by atoms with Gasteiger partial charge in [0.2, 0.25) is 0 Å². The van der Waals surface area contributed by atoms with E-state index in [0.29, 0.717) is 5.92 Å². The molecular weight excluding hydrogens is 210 g/mol. The van der Waals surface area contributed by atoms with E-state index in [0.717, 1.165) is 25.3 Å². The summed E-state index contributed by atoms with van der Waals surface area (Å²) in [4.78, 5) is 0. The molecule has 0 bridgehead atoms. The molecule has 2 N–H and O–H groups in total. The lowest BCUT2D eigenvalue weighted by atomic mass is 9.90. The average molecular weight is 235 g/mol. The molecule has 0 spiro atoms. The summed E-state index contributed by atoms with van der Waals surface area (Å²) in [6.45, 7) is 5.77. The van der Waals surface area contributed by atoms with Crippen molar-refractivity contribution < 1.29 is 4.74 Å². The van der Waals surface area contributed by atoms with E-state index in [2.05, 4.69) is 31.2 Å². The van der Waals surface area contributed by atoms with Crippen LogP contribution in [0.3, 0.4) is 0 Å². The Labute approximate surface area is 105 Å². The van der Waals surface area contributed by atoms with Crippen molar-refractivity contribution in [3.63, 3.8) is 0 Å². The molecule has 0 heterocycles. The Morgan fingerprint density at radius 1 is 1.12 bits per heavy atom. The van der Waals surface area contributed by atoms with Gasteiger partial charge in [-0.25, -0.2) is 0 Å². The normalized spacial score (nSPS) is 12.4. The molecule has 0 aliphatic rings. The Bertz CT molecular complexity index is 294. The van der Waals surface area contributed by atoms with Crippen molar-refractivity contribution in [2.75, 3.05) is 13.2 Å². The van der Waals surface area contributed by atoms with Crippen molar-refractivity contribution in [2.24, 2.45) is 5.73 Å². The largest absolute Gasteiger partial charge is 0.494 e. The van der Waals surface area contributed by atoms with Gasteiger partial charge in [0, 0.05) is 0 Å². The molecule has 1 atom stereocenters. The summed E-state index contributed by atoms with van der Waals surface area (Å²) >= 11 is 0.